The maximum absolute atomic E-state index is 12.9. The molecular formula is C13H15FN4. The van der Waals surface area contributed by atoms with E-state index in [-0.39, 0.29) is 5.82 Å². The minimum absolute atomic E-state index is 0.232. The number of aromatic nitrogens is 3. The topological polar surface area (TPSA) is 42.7 Å². The molecule has 1 aliphatic rings. The molecule has 0 spiro atoms. The average molecular weight is 246 g/mol. The molecule has 2 heterocycles. The largest absolute Gasteiger partial charge is 0.317 e. The number of hydrogen-bond acceptors (Lipinski definition) is 3. The first-order chi connectivity index (χ1) is 8.83. The van der Waals surface area contributed by atoms with Crippen LogP contribution in [0.2, 0.25) is 0 Å². The van der Waals surface area contributed by atoms with Gasteiger partial charge in [-0.2, -0.15) is 15.0 Å². The van der Waals surface area contributed by atoms with Crippen molar-refractivity contribution in [1.29, 1.82) is 0 Å². The van der Waals surface area contributed by atoms with Crippen LogP contribution in [0.3, 0.4) is 0 Å². The van der Waals surface area contributed by atoms with E-state index in [0.29, 0.717) is 6.04 Å². The van der Waals surface area contributed by atoms with Gasteiger partial charge in [-0.3, -0.25) is 0 Å². The van der Waals surface area contributed by atoms with E-state index in [4.69, 9.17) is 0 Å². The highest BCUT2D eigenvalue weighted by atomic mass is 19.1. The summed E-state index contributed by atoms with van der Waals surface area (Å²) in [7, 11) is 0. The Morgan fingerprint density at radius 3 is 2.61 bits per heavy atom. The Balaban J connectivity index is 1.82. The highest BCUT2D eigenvalue weighted by Crippen LogP contribution is 2.20. The number of rotatable bonds is 2. The van der Waals surface area contributed by atoms with Gasteiger partial charge in [-0.1, -0.05) is 0 Å². The Bertz CT molecular complexity index is 514. The van der Waals surface area contributed by atoms with Crippen molar-refractivity contribution in [1.82, 2.24) is 20.3 Å². The molecule has 1 aliphatic heterocycles. The van der Waals surface area contributed by atoms with Crippen LogP contribution in [0.5, 0.6) is 0 Å². The number of nitrogens with one attached hydrogen (secondary N) is 1. The molecule has 4 nitrogen and oxygen atoms in total. The number of nitrogens with zero attached hydrogens (tertiary/aromatic N) is 3. The minimum Gasteiger partial charge on any atom is -0.317 e. The highest BCUT2D eigenvalue weighted by molar-refractivity contribution is 5.57. The molecule has 1 aromatic carbocycles. The molecule has 18 heavy (non-hydrogen) atoms. The molecular weight excluding hydrogens is 231 g/mol. The van der Waals surface area contributed by atoms with E-state index >= 15 is 0 Å². The van der Waals surface area contributed by atoms with Crippen LogP contribution in [0.15, 0.2) is 30.5 Å². The van der Waals surface area contributed by atoms with Crippen molar-refractivity contribution in [2.45, 2.75) is 18.9 Å². The van der Waals surface area contributed by atoms with Gasteiger partial charge in [0.25, 0.3) is 0 Å². The number of piperidine rings is 1. The lowest BCUT2D eigenvalue weighted by Crippen LogP contribution is -2.30. The Hall–Kier alpha value is -1.75. The molecule has 94 valence electrons. The fourth-order valence-corrected chi connectivity index (χ4v) is 2.24. The summed E-state index contributed by atoms with van der Waals surface area (Å²) < 4.78 is 12.9. The van der Waals surface area contributed by atoms with Crippen LogP contribution in [-0.2, 0) is 0 Å². The fourth-order valence-electron chi connectivity index (χ4n) is 2.24. The van der Waals surface area contributed by atoms with Gasteiger partial charge >= 0.3 is 0 Å². The summed E-state index contributed by atoms with van der Waals surface area (Å²) in [4.78, 5) is 1.79. The third-order valence-electron chi connectivity index (χ3n) is 3.28. The molecule has 0 bridgehead atoms. The van der Waals surface area contributed by atoms with Gasteiger partial charge in [0.05, 0.1) is 12.2 Å². The third kappa shape index (κ3) is 2.26. The van der Waals surface area contributed by atoms with Crippen molar-refractivity contribution >= 4 is 0 Å². The SMILES string of the molecule is Fc1ccc(-c2cnn(C3CCNCC3)n2)cc1. The van der Waals surface area contributed by atoms with Crippen molar-refractivity contribution in [2.75, 3.05) is 13.1 Å². The summed E-state index contributed by atoms with van der Waals surface area (Å²) in [6.45, 7) is 2.02. The Morgan fingerprint density at radius 2 is 1.89 bits per heavy atom. The second kappa shape index (κ2) is 4.86. The molecule has 0 radical (unpaired) electrons. The van der Waals surface area contributed by atoms with Gasteiger partial charge in [0.1, 0.15) is 11.5 Å². The zero-order valence-corrected chi connectivity index (χ0v) is 10.0. The zero-order chi connectivity index (χ0) is 12.4. The molecule has 1 fully saturated rings. The van der Waals surface area contributed by atoms with E-state index in [1.165, 1.54) is 12.1 Å². The molecule has 0 amide bonds. The Labute approximate surface area is 105 Å². The van der Waals surface area contributed by atoms with Crippen LogP contribution >= 0.6 is 0 Å². The summed E-state index contributed by atoms with van der Waals surface area (Å²) in [5.74, 6) is -0.232. The van der Waals surface area contributed by atoms with E-state index < -0.39 is 0 Å². The lowest BCUT2D eigenvalue weighted by atomic mass is 10.1. The van der Waals surface area contributed by atoms with E-state index in [2.05, 4.69) is 15.5 Å². The summed E-state index contributed by atoms with van der Waals surface area (Å²) >= 11 is 0. The summed E-state index contributed by atoms with van der Waals surface area (Å²) in [5, 5.41) is 12.1. The molecule has 5 heteroatoms. The maximum Gasteiger partial charge on any atom is 0.123 e. The predicted molar refractivity (Wildman–Crippen MR) is 66.6 cm³/mol. The van der Waals surface area contributed by atoms with Crippen molar-refractivity contribution < 1.29 is 4.39 Å². The molecule has 2 aromatic rings. The lowest BCUT2D eigenvalue weighted by molar-refractivity contribution is 0.314. The van der Waals surface area contributed by atoms with Crippen molar-refractivity contribution in [3.63, 3.8) is 0 Å². The highest BCUT2D eigenvalue weighted by Gasteiger charge is 2.17. The van der Waals surface area contributed by atoms with E-state index in [1.54, 1.807) is 23.1 Å². The second-order valence-corrected chi connectivity index (χ2v) is 4.54. The van der Waals surface area contributed by atoms with Gasteiger partial charge in [-0.05, 0) is 50.2 Å². The monoisotopic (exact) mass is 246 g/mol. The van der Waals surface area contributed by atoms with Crippen molar-refractivity contribution in [2.24, 2.45) is 0 Å². The smallest absolute Gasteiger partial charge is 0.123 e. The molecule has 0 atom stereocenters. The molecule has 0 saturated carbocycles. The first-order valence-electron chi connectivity index (χ1n) is 6.21. The first kappa shape index (κ1) is 11.3. The predicted octanol–water partition coefficient (Wildman–Crippen LogP) is 2.01. The normalized spacial score (nSPS) is 16.9. The molecule has 1 N–H and O–H groups in total. The lowest BCUT2D eigenvalue weighted by Gasteiger charge is -2.21. The van der Waals surface area contributed by atoms with E-state index in [1.807, 2.05) is 0 Å². The summed E-state index contributed by atoms with van der Waals surface area (Å²) in [5.41, 5.74) is 1.70. The van der Waals surface area contributed by atoms with Gasteiger partial charge in [0, 0.05) is 5.56 Å². The van der Waals surface area contributed by atoms with Crippen LogP contribution in [-0.4, -0.2) is 28.1 Å². The van der Waals surface area contributed by atoms with Gasteiger partial charge in [0.2, 0.25) is 0 Å². The molecule has 1 saturated heterocycles. The standard InChI is InChI=1S/C13H15FN4/c14-11-3-1-10(2-4-11)13-9-16-18(17-13)12-5-7-15-8-6-12/h1-4,9,12,15H,5-8H2. The van der Waals surface area contributed by atoms with Crippen LogP contribution < -0.4 is 5.32 Å². The van der Waals surface area contributed by atoms with Gasteiger partial charge in [-0.25, -0.2) is 4.39 Å². The maximum atomic E-state index is 12.9. The van der Waals surface area contributed by atoms with Gasteiger partial charge < -0.3 is 5.32 Å². The summed E-state index contributed by atoms with van der Waals surface area (Å²) in [6, 6.07) is 6.72. The van der Waals surface area contributed by atoms with Crippen molar-refractivity contribution in [3.8, 4) is 11.3 Å². The fraction of sp³-hybridized carbons (Fsp3) is 0.385. The minimum atomic E-state index is -0.232. The molecule has 0 aliphatic carbocycles. The number of benzene rings is 1. The average Bonchev–Trinajstić information content (AvgIpc) is 2.90. The molecule has 0 unspecified atom stereocenters. The quantitative estimate of drug-likeness (QED) is 0.881. The Morgan fingerprint density at radius 1 is 1.17 bits per heavy atom. The zero-order valence-electron chi connectivity index (χ0n) is 10.0. The van der Waals surface area contributed by atoms with Crippen molar-refractivity contribution in [3.05, 3.63) is 36.3 Å². The number of hydrogen-bond donors (Lipinski definition) is 1. The summed E-state index contributed by atoms with van der Waals surface area (Å²) in [6.07, 6.45) is 3.85. The molecule has 1 aromatic heterocycles. The van der Waals surface area contributed by atoms with Crippen LogP contribution in [0.25, 0.3) is 11.3 Å². The second-order valence-electron chi connectivity index (χ2n) is 4.54. The van der Waals surface area contributed by atoms with Gasteiger partial charge in [-0.15, -0.1) is 0 Å². The van der Waals surface area contributed by atoms with Gasteiger partial charge in [0.15, 0.2) is 0 Å². The third-order valence-corrected chi connectivity index (χ3v) is 3.28. The number of halogens is 1. The van der Waals surface area contributed by atoms with Crippen LogP contribution in [0.1, 0.15) is 18.9 Å². The first-order valence-corrected chi connectivity index (χ1v) is 6.21. The van der Waals surface area contributed by atoms with Crippen LogP contribution in [0, 0.1) is 5.82 Å². The Kier molecular flexibility index (Phi) is 3.06. The van der Waals surface area contributed by atoms with Crippen LogP contribution in [0.4, 0.5) is 4.39 Å². The van der Waals surface area contributed by atoms with E-state index in [0.717, 1.165) is 37.2 Å². The molecule has 3 rings (SSSR count). The van der Waals surface area contributed by atoms with E-state index in [9.17, 15) is 4.39 Å².